The number of methoxy groups -OCH3 is 1. The fourth-order valence-electron chi connectivity index (χ4n) is 3.02. The summed E-state index contributed by atoms with van der Waals surface area (Å²) < 4.78 is 5.26. The molecule has 3 nitrogen and oxygen atoms in total. The van der Waals surface area contributed by atoms with Gasteiger partial charge in [-0.15, -0.1) is 0 Å². The van der Waals surface area contributed by atoms with Gasteiger partial charge in [0.05, 0.1) is 7.11 Å². The minimum Gasteiger partial charge on any atom is -0.497 e. The van der Waals surface area contributed by atoms with Gasteiger partial charge in [0.1, 0.15) is 5.75 Å². The Balaban J connectivity index is 1.71. The van der Waals surface area contributed by atoms with Crippen LogP contribution >= 0.6 is 0 Å². The number of hydrogen-bond acceptors (Lipinski definition) is 2. The number of hydrogen-bond donors (Lipinski definition) is 1. The first-order valence-corrected chi connectivity index (χ1v) is 7.16. The first-order chi connectivity index (χ1) is 9.26. The Morgan fingerprint density at radius 3 is 3.00 bits per heavy atom. The quantitative estimate of drug-likeness (QED) is 0.912. The number of benzene rings is 1. The molecule has 1 aliphatic rings. The Bertz CT molecular complexity index is 561. The molecule has 1 saturated heterocycles. The van der Waals surface area contributed by atoms with Gasteiger partial charge in [0.15, 0.2) is 0 Å². The largest absolute Gasteiger partial charge is 0.497 e. The van der Waals surface area contributed by atoms with Crippen molar-refractivity contribution in [1.29, 1.82) is 0 Å². The molecule has 19 heavy (non-hydrogen) atoms. The molecule has 3 rings (SSSR count). The molecular formula is C16H22N2O. The van der Waals surface area contributed by atoms with Crippen molar-refractivity contribution < 1.29 is 4.74 Å². The van der Waals surface area contributed by atoms with E-state index in [0.29, 0.717) is 0 Å². The number of H-pyrrole nitrogens is 1. The second kappa shape index (κ2) is 5.25. The van der Waals surface area contributed by atoms with Crippen LogP contribution in [0.2, 0.25) is 0 Å². The summed E-state index contributed by atoms with van der Waals surface area (Å²) in [6.45, 7) is 4.75. The highest BCUT2D eigenvalue weighted by molar-refractivity contribution is 5.81. The third-order valence-electron chi connectivity index (χ3n) is 4.24. The predicted octanol–water partition coefficient (Wildman–Crippen LogP) is 3.20. The lowest BCUT2D eigenvalue weighted by Crippen LogP contribution is -2.29. The van der Waals surface area contributed by atoms with Crippen LogP contribution in [0.5, 0.6) is 5.75 Å². The van der Waals surface area contributed by atoms with E-state index >= 15 is 0 Å². The van der Waals surface area contributed by atoms with Crippen LogP contribution < -0.4 is 4.74 Å². The van der Waals surface area contributed by atoms with Gasteiger partial charge < -0.3 is 14.6 Å². The molecule has 102 valence electrons. The first-order valence-electron chi connectivity index (χ1n) is 7.16. The Morgan fingerprint density at radius 1 is 1.37 bits per heavy atom. The van der Waals surface area contributed by atoms with Gasteiger partial charge in [-0.1, -0.05) is 0 Å². The predicted molar refractivity (Wildman–Crippen MR) is 78.8 cm³/mol. The summed E-state index contributed by atoms with van der Waals surface area (Å²) in [6.07, 6.45) is 3.80. The fourth-order valence-corrected chi connectivity index (χ4v) is 3.02. The zero-order chi connectivity index (χ0) is 13.2. The van der Waals surface area contributed by atoms with Crippen LogP contribution in [0.25, 0.3) is 10.9 Å². The van der Waals surface area contributed by atoms with Crippen LogP contribution in [0, 0.1) is 0 Å². The summed E-state index contributed by atoms with van der Waals surface area (Å²) in [4.78, 5) is 6.09. The topological polar surface area (TPSA) is 28.3 Å². The minimum absolute atomic E-state index is 0.754. The van der Waals surface area contributed by atoms with Gasteiger partial charge >= 0.3 is 0 Å². The van der Waals surface area contributed by atoms with Crippen molar-refractivity contribution in [1.82, 2.24) is 9.88 Å². The number of aromatic nitrogens is 1. The van der Waals surface area contributed by atoms with Crippen molar-refractivity contribution in [2.24, 2.45) is 0 Å². The van der Waals surface area contributed by atoms with Crippen molar-refractivity contribution in [3.63, 3.8) is 0 Å². The van der Waals surface area contributed by atoms with E-state index in [1.54, 1.807) is 7.11 Å². The lowest BCUT2D eigenvalue weighted by Gasteiger charge is -2.20. The molecule has 1 aliphatic heterocycles. The fraction of sp³-hybridized carbons (Fsp3) is 0.500. The SMILES string of the molecule is COc1ccc2[nH]c(CCN3CCC[C@@H]3C)cc2c1. The van der Waals surface area contributed by atoms with Crippen molar-refractivity contribution in [2.75, 3.05) is 20.2 Å². The van der Waals surface area contributed by atoms with Gasteiger partial charge in [0, 0.05) is 35.6 Å². The molecule has 0 radical (unpaired) electrons. The Hall–Kier alpha value is -1.48. The zero-order valence-corrected chi connectivity index (χ0v) is 11.8. The van der Waals surface area contributed by atoms with Gasteiger partial charge in [0.2, 0.25) is 0 Å². The highest BCUT2D eigenvalue weighted by Gasteiger charge is 2.19. The highest BCUT2D eigenvalue weighted by Crippen LogP contribution is 2.22. The third-order valence-corrected chi connectivity index (χ3v) is 4.24. The summed E-state index contributed by atoms with van der Waals surface area (Å²) in [5.41, 5.74) is 2.52. The summed E-state index contributed by atoms with van der Waals surface area (Å²) in [7, 11) is 1.71. The van der Waals surface area contributed by atoms with E-state index in [1.165, 1.54) is 36.0 Å². The molecule has 0 bridgehead atoms. The summed E-state index contributed by atoms with van der Waals surface area (Å²) >= 11 is 0. The van der Waals surface area contributed by atoms with E-state index in [-0.39, 0.29) is 0 Å². The van der Waals surface area contributed by atoms with Gasteiger partial charge in [-0.3, -0.25) is 0 Å². The molecule has 2 heterocycles. The molecule has 1 N–H and O–H groups in total. The maximum absolute atomic E-state index is 5.26. The molecule has 1 aromatic heterocycles. The maximum atomic E-state index is 5.26. The molecule has 0 saturated carbocycles. The van der Waals surface area contributed by atoms with Crippen molar-refractivity contribution in [3.8, 4) is 5.75 Å². The van der Waals surface area contributed by atoms with Crippen LogP contribution in [-0.4, -0.2) is 36.1 Å². The first kappa shape index (κ1) is 12.5. The van der Waals surface area contributed by atoms with E-state index in [1.807, 2.05) is 6.07 Å². The van der Waals surface area contributed by atoms with E-state index in [2.05, 4.69) is 35.0 Å². The third kappa shape index (κ3) is 2.61. The number of nitrogens with one attached hydrogen (secondary N) is 1. The Morgan fingerprint density at radius 2 is 2.26 bits per heavy atom. The second-order valence-corrected chi connectivity index (χ2v) is 5.52. The van der Waals surface area contributed by atoms with Gasteiger partial charge in [0.25, 0.3) is 0 Å². The second-order valence-electron chi connectivity index (χ2n) is 5.52. The number of aromatic amines is 1. The number of fused-ring (bicyclic) bond motifs is 1. The van der Waals surface area contributed by atoms with E-state index < -0.39 is 0 Å². The van der Waals surface area contributed by atoms with Crippen LogP contribution in [0.4, 0.5) is 0 Å². The van der Waals surface area contributed by atoms with Crippen molar-refractivity contribution >= 4 is 10.9 Å². The summed E-state index contributed by atoms with van der Waals surface area (Å²) in [5, 5.41) is 1.24. The van der Waals surface area contributed by atoms with Crippen molar-refractivity contribution in [2.45, 2.75) is 32.2 Å². The highest BCUT2D eigenvalue weighted by atomic mass is 16.5. The molecule has 0 spiro atoms. The summed E-state index contributed by atoms with van der Waals surface area (Å²) in [5.74, 6) is 0.922. The van der Waals surface area contributed by atoms with Crippen molar-refractivity contribution in [3.05, 3.63) is 30.0 Å². The average Bonchev–Trinajstić information content (AvgIpc) is 3.01. The molecule has 1 atom stereocenters. The summed E-state index contributed by atoms with van der Waals surface area (Å²) in [6, 6.07) is 9.19. The Kier molecular flexibility index (Phi) is 3.47. The standard InChI is InChI=1S/C16H22N2O/c1-12-4-3-8-18(12)9-7-14-10-13-11-15(19-2)5-6-16(13)17-14/h5-6,10-12,17H,3-4,7-9H2,1-2H3/t12-/m0/s1. The number of likely N-dealkylation sites (tertiary alicyclic amines) is 1. The normalized spacial score (nSPS) is 20.2. The van der Waals surface area contributed by atoms with Gasteiger partial charge in [-0.2, -0.15) is 0 Å². The smallest absolute Gasteiger partial charge is 0.119 e. The lowest BCUT2D eigenvalue weighted by molar-refractivity contribution is 0.271. The van der Waals surface area contributed by atoms with E-state index in [9.17, 15) is 0 Å². The van der Waals surface area contributed by atoms with Crippen LogP contribution in [-0.2, 0) is 6.42 Å². The number of ether oxygens (including phenoxy) is 1. The lowest BCUT2D eigenvalue weighted by atomic mass is 10.2. The minimum atomic E-state index is 0.754. The van der Waals surface area contributed by atoms with Crippen LogP contribution in [0.3, 0.4) is 0 Å². The number of nitrogens with zero attached hydrogens (tertiary/aromatic N) is 1. The molecule has 0 amide bonds. The van der Waals surface area contributed by atoms with Crippen LogP contribution in [0.1, 0.15) is 25.5 Å². The number of rotatable bonds is 4. The maximum Gasteiger partial charge on any atom is 0.119 e. The monoisotopic (exact) mass is 258 g/mol. The van der Waals surface area contributed by atoms with Gasteiger partial charge in [-0.05, 0) is 50.6 Å². The Labute approximate surface area is 114 Å². The molecular weight excluding hydrogens is 236 g/mol. The van der Waals surface area contributed by atoms with E-state index in [0.717, 1.165) is 24.8 Å². The average molecular weight is 258 g/mol. The zero-order valence-electron chi connectivity index (χ0n) is 11.8. The molecule has 1 fully saturated rings. The molecule has 0 aliphatic carbocycles. The van der Waals surface area contributed by atoms with E-state index in [4.69, 9.17) is 4.74 Å². The molecule has 3 heteroatoms. The van der Waals surface area contributed by atoms with Gasteiger partial charge in [-0.25, -0.2) is 0 Å². The van der Waals surface area contributed by atoms with Crippen LogP contribution in [0.15, 0.2) is 24.3 Å². The molecule has 2 aromatic rings. The molecule has 0 unspecified atom stereocenters. The molecule has 1 aromatic carbocycles.